The molecule has 15 heavy (non-hydrogen) atoms. The standard InChI is InChI=1S/C8H9NO3S3/c1-4-2-6(10)5-3-7(15(9,11)12)14-8(5)13-4/h3-4H,2H2,1H3,(H2,9,11,12). The zero-order valence-electron chi connectivity index (χ0n) is 7.89. The number of thioether (sulfide) groups is 1. The SMILES string of the molecule is CC1CC(=O)c2cc(S(N)(=O)=O)sc2S1. The number of nitrogens with two attached hydrogens (primary N) is 1. The average Bonchev–Trinajstić information content (AvgIpc) is 2.46. The van der Waals surface area contributed by atoms with Crippen molar-refractivity contribution in [2.75, 3.05) is 0 Å². The highest BCUT2D eigenvalue weighted by molar-refractivity contribution is 8.02. The Bertz CT molecular complexity index is 517. The van der Waals surface area contributed by atoms with E-state index in [1.807, 2.05) is 6.92 Å². The Morgan fingerprint density at radius 3 is 2.80 bits per heavy atom. The fraction of sp³-hybridized carbons (Fsp3) is 0.375. The van der Waals surface area contributed by atoms with Gasteiger partial charge in [-0.2, -0.15) is 0 Å². The molecular weight excluding hydrogens is 254 g/mol. The van der Waals surface area contributed by atoms with Crippen LogP contribution in [0.4, 0.5) is 0 Å². The lowest BCUT2D eigenvalue weighted by molar-refractivity contribution is 0.0979. The molecule has 0 saturated heterocycles. The van der Waals surface area contributed by atoms with Crippen LogP contribution in [0.3, 0.4) is 0 Å². The van der Waals surface area contributed by atoms with Crippen LogP contribution in [0, 0.1) is 0 Å². The highest BCUT2D eigenvalue weighted by Gasteiger charge is 2.27. The molecule has 0 spiro atoms. The Morgan fingerprint density at radius 2 is 2.20 bits per heavy atom. The van der Waals surface area contributed by atoms with Gasteiger partial charge >= 0.3 is 0 Å². The molecule has 1 aromatic heterocycles. The van der Waals surface area contributed by atoms with Crippen LogP contribution >= 0.6 is 23.1 Å². The van der Waals surface area contributed by atoms with E-state index < -0.39 is 10.0 Å². The highest BCUT2D eigenvalue weighted by atomic mass is 32.3. The Labute approximate surface area is 95.9 Å². The molecule has 0 fully saturated rings. The molecule has 1 atom stereocenters. The molecule has 7 heteroatoms. The van der Waals surface area contributed by atoms with Crippen molar-refractivity contribution in [3.05, 3.63) is 11.6 Å². The average molecular weight is 263 g/mol. The van der Waals surface area contributed by atoms with E-state index in [-0.39, 0.29) is 15.2 Å². The first-order chi connectivity index (χ1) is 6.88. The molecule has 0 radical (unpaired) electrons. The highest BCUT2D eigenvalue weighted by Crippen LogP contribution is 2.41. The molecule has 0 aromatic carbocycles. The molecule has 0 amide bonds. The fourth-order valence-corrected chi connectivity index (χ4v) is 5.02. The predicted molar refractivity (Wildman–Crippen MR) is 60.0 cm³/mol. The summed E-state index contributed by atoms with van der Waals surface area (Å²) in [5, 5.41) is 5.22. The number of rotatable bonds is 1. The summed E-state index contributed by atoms with van der Waals surface area (Å²) >= 11 is 2.61. The summed E-state index contributed by atoms with van der Waals surface area (Å²) in [4.78, 5) is 11.6. The lowest BCUT2D eigenvalue weighted by Gasteiger charge is -2.15. The van der Waals surface area contributed by atoms with Crippen LogP contribution in [-0.2, 0) is 10.0 Å². The molecular formula is C8H9NO3S3. The van der Waals surface area contributed by atoms with Gasteiger partial charge in [0.15, 0.2) is 5.78 Å². The van der Waals surface area contributed by atoms with E-state index in [0.717, 1.165) is 15.5 Å². The molecule has 1 aromatic rings. The molecule has 1 unspecified atom stereocenters. The topological polar surface area (TPSA) is 77.2 Å². The van der Waals surface area contributed by atoms with Crippen molar-refractivity contribution < 1.29 is 13.2 Å². The van der Waals surface area contributed by atoms with Crippen LogP contribution in [0.5, 0.6) is 0 Å². The van der Waals surface area contributed by atoms with E-state index in [2.05, 4.69) is 0 Å². The molecule has 1 aliphatic heterocycles. The maximum Gasteiger partial charge on any atom is 0.247 e. The number of primary sulfonamides is 1. The molecule has 2 rings (SSSR count). The first-order valence-corrected chi connectivity index (χ1v) is 7.48. The Kier molecular flexibility index (Phi) is 2.66. The van der Waals surface area contributed by atoms with Gasteiger partial charge in [0.25, 0.3) is 0 Å². The maximum absolute atomic E-state index is 11.6. The number of ketones is 1. The third-order valence-electron chi connectivity index (χ3n) is 2.04. The van der Waals surface area contributed by atoms with E-state index in [1.54, 1.807) is 0 Å². The molecule has 0 bridgehead atoms. The third-order valence-corrected chi connectivity index (χ3v) is 5.93. The van der Waals surface area contributed by atoms with Crippen molar-refractivity contribution in [1.29, 1.82) is 0 Å². The second-order valence-electron chi connectivity index (χ2n) is 3.37. The van der Waals surface area contributed by atoms with Crippen LogP contribution in [0.15, 0.2) is 14.5 Å². The van der Waals surface area contributed by atoms with Gasteiger partial charge in [0, 0.05) is 17.2 Å². The van der Waals surface area contributed by atoms with Crippen molar-refractivity contribution in [1.82, 2.24) is 0 Å². The van der Waals surface area contributed by atoms with Gasteiger partial charge in [-0.1, -0.05) is 6.92 Å². The minimum atomic E-state index is -3.68. The van der Waals surface area contributed by atoms with E-state index in [1.165, 1.54) is 17.8 Å². The van der Waals surface area contributed by atoms with Gasteiger partial charge in [-0.3, -0.25) is 4.79 Å². The van der Waals surface area contributed by atoms with Gasteiger partial charge in [0.05, 0.1) is 4.21 Å². The van der Waals surface area contributed by atoms with Crippen LogP contribution in [0.1, 0.15) is 23.7 Å². The van der Waals surface area contributed by atoms with Crippen molar-refractivity contribution in [2.45, 2.75) is 27.0 Å². The fourth-order valence-electron chi connectivity index (χ4n) is 1.37. The van der Waals surface area contributed by atoms with Crippen LogP contribution in [0.2, 0.25) is 0 Å². The molecule has 2 heterocycles. The number of thiophene rings is 1. The number of carbonyl (C=O) groups excluding carboxylic acids is 1. The minimum Gasteiger partial charge on any atom is -0.294 e. The maximum atomic E-state index is 11.6. The van der Waals surface area contributed by atoms with Crippen LogP contribution < -0.4 is 5.14 Å². The minimum absolute atomic E-state index is 0.00222. The van der Waals surface area contributed by atoms with Crippen LogP contribution in [0.25, 0.3) is 0 Å². The first kappa shape index (κ1) is 11.1. The van der Waals surface area contributed by atoms with Gasteiger partial charge in [0.1, 0.15) is 4.21 Å². The van der Waals surface area contributed by atoms with Crippen molar-refractivity contribution in [3.8, 4) is 0 Å². The van der Waals surface area contributed by atoms with Crippen molar-refractivity contribution in [2.24, 2.45) is 5.14 Å². The number of fused-ring (bicyclic) bond motifs is 1. The monoisotopic (exact) mass is 263 g/mol. The molecule has 4 nitrogen and oxygen atoms in total. The summed E-state index contributed by atoms with van der Waals surface area (Å²) in [5.74, 6) is 0.00222. The normalized spacial score (nSPS) is 21.5. The summed E-state index contributed by atoms with van der Waals surface area (Å²) in [6.45, 7) is 1.95. The summed E-state index contributed by atoms with van der Waals surface area (Å²) in [5.41, 5.74) is 0.507. The van der Waals surface area contributed by atoms with E-state index in [4.69, 9.17) is 5.14 Å². The summed E-state index contributed by atoms with van der Waals surface area (Å²) in [6, 6.07) is 1.39. The molecule has 82 valence electrons. The van der Waals surface area contributed by atoms with Crippen molar-refractivity contribution in [3.63, 3.8) is 0 Å². The number of carbonyl (C=O) groups is 1. The zero-order chi connectivity index (χ0) is 11.2. The Morgan fingerprint density at radius 1 is 1.53 bits per heavy atom. The second kappa shape index (κ2) is 3.58. The predicted octanol–water partition coefficient (Wildman–Crippen LogP) is 1.46. The molecule has 0 saturated carbocycles. The van der Waals surface area contributed by atoms with Gasteiger partial charge in [-0.05, 0) is 6.07 Å². The number of hydrogen-bond acceptors (Lipinski definition) is 5. The zero-order valence-corrected chi connectivity index (χ0v) is 10.3. The van der Waals surface area contributed by atoms with E-state index >= 15 is 0 Å². The number of Topliss-reactive ketones (excluding diaryl/α,β-unsaturated/α-hetero) is 1. The van der Waals surface area contributed by atoms with E-state index in [9.17, 15) is 13.2 Å². The molecule has 0 aliphatic carbocycles. The number of sulfonamides is 1. The summed E-state index contributed by atoms with van der Waals surface area (Å²) in [7, 11) is -3.68. The van der Waals surface area contributed by atoms with Crippen molar-refractivity contribution >= 4 is 38.9 Å². The summed E-state index contributed by atoms with van der Waals surface area (Å²) in [6.07, 6.45) is 0.457. The van der Waals surface area contributed by atoms with Crippen LogP contribution in [-0.4, -0.2) is 19.5 Å². The first-order valence-electron chi connectivity index (χ1n) is 4.24. The second-order valence-corrected chi connectivity index (χ2v) is 7.91. The van der Waals surface area contributed by atoms with Gasteiger partial charge < -0.3 is 0 Å². The lowest BCUT2D eigenvalue weighted by Crippen LogP contribution is -2.12. The quantitative estimate of drug-likeness (QED) is 0.832. The number of hydrogen-bond donors (Lipinski definition) is 1. The molecule has 2 N–H and O–H groups in total. The Balaban J connectivity index is 2.53. The van der Waals surface area contributed by atoms with Gasteiger partial charge in [-0.15, -0.1) is 23.1 Å². The van der Waals surface area contributed by atoms with Gasteiger partial charge in [0.2, 0.25) is 10.0 Å². The lowest BCUT2D eigenvalue weighted by atomic mass is 10.1. The summed E-state index contributed by atoms with van der Waals surface area (Å²) < 4.78 is 23.1. The Hall–Kier alpha value is -0.370. The smallest absolute Gasteiger partial charge is 0.247 e. The third kappa shape index (κ3) is 2.10. The largest absolute Gasteiger partial charge is 0.294 e. The van der Waals surface area contributed by atoms with Gasteiger partial charge in [-0.25, -0.2) is 13.6 Å². The van der Waals surface area contributed by atoms with E-state index in [0.29, 0.717) is 12.0 Å². The molecule has 1 aliphatic rings.